The van der Waals surface area contributed by atoms with Gasteiger partial charge in [-0.05, 0) is 13.0 Å². The molecule has 0 aliphatic carbocycles. The van der Waals surface area contributed by atoms with Crippen LogP contribution in [0.15, 0.2) is 0 Å². The van der Waals surface area contributed by atoms with Gasteiger partial charge in [0.15, 0.2) is 4.08 Å². The molecule has 0 aromatic heterocycles. The quantitative estimate of drug-likeness (QED) is 0.309. The number of rotatable bonds is 4. The minimum absolute atomic E-state index is 0. The summed E-state index contributed by atoms with van der Waals surface area (Å²) in [6.07, 6.45) is 0.0332. The van der Waals surface area contributed by atoms with Gasteiger partial charge in [0.25, 0.3) is 10.1 Å². The van der Waals surface area contributed by atoms with Crippen LogP contribution in [0.1, 0.15) is 6.42 Å². The second-order valence-electron chi connectivity index (χ2n) is 2.16. The van der Waals surface area contributed by atoms with E-state index in [1.165, 1.54) is 0 Å². The molecule has 0 radical (unpaired) electrons. The molecule has 5 nitrogen and oxygen atoms in total. The van der Waals surface area contributed by atoms with Crippen LogP contribution in [-0.4, -0.2) is 30.1 Å². The van der Waals surface area contributed by atoms with Crippen molar-refractivity contribution >= 4 is 22.7 Å². The molecule has 0 saturated carbocycles. The van der Waals surface area contributed by atoms with E-state index >= 15 is 0 Å². The fourth-order valence-corrected chi connectivity index (χ4v) is 1.28. The summed E-state index contributed by atoms with van der Waals surface area (Å²) in [4.78, 5) is 0. The maximum atomic E-state index is 10.6. The second-order valence-corrected chi connectivity index (χ2v) is 5.05. The maximum Gasteiger partial charge on any atom is 0.281 e. The lowest BCUT2D eigenvalue weighted by Crippen LogP contribution is -3.00. The van der Waals surface area contributed by atoms with Crippen LogP contribution in [0, 0.1) is 0 Å². The van der Waals surface area contributed by atoms with Crippen LogP contribution in [0.2, 0.25) is 0 Å². The van der Waals surface area contributed by atoms with Gasteiger partial charge in [0.05, 0.1) is 0 Å². The number of nitrogens with two attached hydrogens (primary N) is 2. The largest absolute Gasteiger partial charge is 1.00 e. The zero-order chi connectivity index (χ0) is 9.12. The molecule has 0 heterocycles. The van der Waals surface area contributed by atoms with Crippen molar-refractivity contribution in [2.75, 3.05) is 13.1 Å². The number of hydrogen-bond acceptors (Lipinski definition) is 5. The van der Waals surface area contributed by atoms with Crippen LogP contribution in [-0.2, 0) is 10.1 Å². The molecule has 0 aliphatic rings. The highest BCUT2D eigenvalue weighted by Gasteiger charge is 2.36. The van der Waals surface area contributed by atoms with Crippen molar-refractivity contribution in [3.63, 3.8) is 0 Å². The molecular formula is C4H12BrN2O3S2-. The van der Waals surface area contributed by atoms with E-state index in [1.54, 1.807) is 0 Å². The van der Waals surface area contributed by atoms with Gasteiger partial charge in [0.2, 0.25) is 0 Å². The first-order chi connectivity index (χ1) is 4.87. The van der Waals surface area contributed by atoms with Crippen LogP contribution >= 0.6 is 12.6 Å². The van der Waals surface area contributed by atoms with Crippen molar-refractivity contribution in [3.05, 3.63) is 0 Å². The SMILES string of the molecule is NCCC(S)(CN)S(=O)(=O)O.[Br-]. The summed E-state index contributed by atoms with van der Waals surface area (Å²) in [5.41, 5.74) is 10.2. The molecule has 0 amide bonds. The first-order valence-electron chi connectivity index (χ1n) is 2.97. The van der Waals surface area contributed by atoms with E-state index in [9.17, 15) is 8.42 Å². The smallest absolute Gasteiger partial charge is 0.281 e. The van der Waals surface area contributed by atoms with Gasteiger partial charge in [0.1, 0.15) is 0 Å². The molecule has 0 bridgehead atoms. The molecular weight excluding hydrogens is 268 g/mol. The third kappa shape index (κ3) is 3.58. The molecule has 0 aromatic carbocycles. The minimum Gasteiger partial charge on any atom is -1.00 e. The molecule has 1 unspecified atom stereocenters. The van der Waals surface area contributed by atoms with Crippen molar-refractivity contribution < 1.29 is 30.0 Å². The monoisotopic (exact) mass is 279 g/mol. The molecule has 0 saturated heterocycles. The summed E-state index contributed by atoms with van der Waals surface area (Å²) in [6, 6.07) is 0. The molecule has 0 spiro atoms. The van der Waals surface area contributed by atoms with E-state index in [1.807, 2.05) is 0 Å². The molecule has 0 aliphatic heterocycles. The lowest BCUT2D eigenvalue weighted by molar-refractivity contribution is -0.00000647. The zero-order valence-electron chi connectivity index (χ0n) is 6.27. The Bertz CT molecular complexity index is 220. The van der Waals surface area contributed by atoms with Crippen LogP contribution < -0.4 is 28.4 Å². The number of thiol groups is 1. The van der Waals surface area contributed by atoms with Crippen molar-refractivity contribution in [1.29, 1.82) is 0 Å². The first-order valence-corrected chi connectivity index (χ1v) is 4.85. The summed E-state index contributed by atoms with van der Waals surface area (Å²) in [6.45, 7) is -0.146. The van der Waals surface area contributed by atoms with Gasteiger partial charge < -0.3 is 28.4 Å². The molecule has 0 rings (SSSR count). The van der Waals surface area contributed by atoms with E-state index in [0.29, 0.717) is 0 Å². The Kier molecular flexibility index (Phi) is 6.82. The zero-order valence-corrected chi connectivity index (χ0v) is 9.57. The van der Waals surface area contributed by atoms with Crippen LogP contribution in [0.4, 0.5) is 0 Å². The fraction of sp³-hybridized carbons (Fsp3) is 1.00. The van der Waals surface area contributed by atoms with E-state index in [-0.39, 0.29) is 36.5 Å². The third-order valence-electron chi connectivity index (χ3n) is 1.33. The van der Waals surface area contributed by atoms with Gasteiger partial charge in [0, 0.05) is 6.54 Å². The van der Waals surface area contributed by atoms with Gasteiger partial charge in [-0.1, -0.05) is 0 Å². The molecule has 0 aromatic rings. The summed E-state index contributed by atoms with van der Waals surface area (Å²) >= 11 is 3.74. The topological polar surface area (TPSA) is 106 Å². The average molecular weight is 280 g/mol. The molecule has 1 atom stereocenters. The average Bonchev–Trinajstić information content (AvgIpc) is 1.86. The lowest BCUT2D eigenvalue weighted by atomic mass is 10.3. The Balaban J connectivity index is 0. The summed E-state index contributed by atoms with van der Waals surface area (Å²) < 4.78 is 28.3. The van der Waals surface area contributed by atoms with Gasteiger partial charge in [-0.15, -0.1) is 0 Å². The summed E-state index contributed by atoms with van der Waals surface area (Å²) in [5, 5.41) is 0. The highest BCUT2D eigenvalue weighted by Crippen LogP contribution is 2.23. The van der Waals surface area contributed by atoms with E-state index in [4.69, 9.17) is 16.0 Å². The first kappa shape index (κ1) is 15.1. The Hall–Kier alpha value is 0.660. The van der Waals surface area contributed by atoms with Crippen molar-refractivity contribution in [1.82, 2.24) is 0 Å². The minimum atomic E-state index is -4.22. The molecule has 12 heavy (non-hydrogen) atoms. The van der Waals surface area contributed by atoms with E-state index in [2.05, 4.69) is 12.6 Å². The van der Waals surface area contributed by atoms with Crippen molar-refractivity contribution in [2.24, 2.45) is 11.5 Å². The highest BCUT2D eigenvalue weighted by atomic mass is 79.9. The van der Waals surface area contributed by atoms with Gasteiger partial charge in [-0.2, -0.15) is 21.0 Å². The summed E-state index contributed by atoms with van der Waals surface area (Å²) in [7, 11) is -4.22. The Labute approximate surface area is 87.8 Å². The van der Waals surface area contributed by atoms with Crippen LogP contribution in [0.25, 0.3) is 0 Å². The van der Waals surface area contributed by atoms with Crippen molar-refractivity contribution in [3.8, 4) is 0 Å². The maximum absolute atomic E-state index is 10.6. The van der Waals surface area contributed by atoms with Gasteiger partial charge in [-0.25, -0.2) is 0 Å². The predicted molar refractivity (Wildman–Crippen MR) is 46.0 cm³/mol. The van der Waals surface area contributed by atoms with E-state index in [0.717, 1.165) is 0 Å². The number of halogens is 1. The normalized spacial score (nSPS) is 16.3. The fourth-order valence-electron chi connectivity index (χ4n) is 0.562. The predicted octanol–water partition coefficient (Wildman–Crippen LogP) is -4.19. The van der Waals surface area contributed by atoms with E-state index < -0.39 is 14.2 Å². The molecule has 8 heteroatoms. The molecule has 5 N–H and O–H groups in total. The summed E-state index contributed by atoms with van der Waals surface area (Å²) in [5.74, 6) is 0. The molecule has 0 fully saturated rings. The van der Waals surface area contributed by atoms with Gasteiger partial charge >= 0.3 is 0 Å². The second kappa shape index (κ2) is 5.40. The third-order valence-corrected chi connectivity index (χ3v) is 3.76. The molecule has 76 valence electrons. The number of hydrogen-bond donors (Lipinski definition) is 4. The van der Waals surface area contributed by atoms with Gasteiger partial charge in [-0.3, -0.25) is 4.55 Å². The van der Waals surface area contributed by atoms with Crippen LogP contribution in [0.3, 0.4) is 0 Å². The Morgan fingerprint density at radius 3 is 1.92 bits per heavy atom. The Morgan fingerprint density at radius 1 is 1.42 bits per heavy atom. The standard InChI is InChI=1S/C4H12N2O3S2.BrH/c5-2-1-4(10,3-6)11(7,8)9;/h10H,1-3,5-6H2,(H,7,8,9);1H/p-1. The lowest BCUT2D eigenvalue weighted by Gasteiger charge is -2.21. The Morgan fingerprint density at radius 2 is 1.83 bits per heavy atom. The van der Waals surface area contributed by atoms with Crippen molar-refractivity contribution in [2.45, 2.75) is 10.5 Å². The van der Waals surface area contributed by atoms with Crippen LogP contribution in [0.5, 0.6) is 0 Å². The highest BCUT2D eigenvalue weighted by molar-refractivity contribution is 8.03.